The number of halogens is 2. The zero-order valence-corrected chi connectivity index (χ0v) is 9.80. The fourth-order valence-corrected chi connectivity index (χ4v) is 1.59. The summed E-state index contributed by atoms with van der Waals surface area (Å²) in [6.07, 6.45) is 0.686. The molecule has 0 saturated carbocycles. The van der Waals surface area contributed by atoms with Crippen LogP contribution in [0.15, 0.2) is 34.0 Å². The van der Waals surface area contributed by atoms with Crippen LogP contribution in [-0.4, -0.2) is 14.5 Å². The first kappa shape index (κ1) is 13.6. The predicted octanol–water partition coefficient (Wildman–Crippen LogP) is 0.771. The largest absolute Gasteiger partial charge is 0.350 e. The Kier molecular flexibility index (Phi) is 3.42. The molecule has 0 fully saturated rings. The minimum Gasteiger partial charge on any atom is -0.289 e. The number of benzene rings is 1. The van der Waals surface area contributed by atoms with Crippen LogP contribution in [0.1, 0.15) is 5.56 Å². The second-order valence-electron chi connectivity index (χ2n) is 3.89. The number of hydrogen-bond acceptors (Lipinski definition) is 4. The molecule has 0 aliphatic carbocycles. The second-order valence-corrected chi connectivity index (χ2v) is 3.89. The number of aromatic nitrogens is 2. The average molecular weight is 283 g/mol. The van der Waals surface area contributed by atoms with E-state index in [1.165, 1.54) is 0 Å². The summed E-state index contributed by atoms with van der Waals surface area (Å²) in [5.74, 6) is -1.49. The molecule has 0 unspecified atom stereocenters. The van der Waals surface area contributed by atoms with Gasteiger partial charge in [0.05, 0.1) is 17.7 Å². The van der Waals surface area contributed by atoms with E-state index in [4.69, 9.17) is 0 Å². The van der Waals surface area contributed by atoms with E-state index < -0.39 is 40.0 Å². The summed E-state index contributed by atoms with van der Waals surface area (Å²) < 4.78 is 27.2. The Morgan fingerprint density at radius 3 is 2.65 bits per heavy atom. The van der Waals surface area contributed by atoms with E-state index in [0.29, 0.717) is 6.20 Å². The van der Waals surface area contributed by atoms with Gasteiger partial charge in [0.2, 0.25) is 0 Å². The Morgan fingerprint density at radius 1 is 1.30 bits per heavy atom. The summed E-state index contributed by atoms with van der Waals surface area (Å²) in [6.45, 7) is -0.444. The van der Waals surface area contributed by atoms with Crippen LogP contribution in [0.25, 0.3) is 0 Å². The maximum absolute atomic E-state index is 13.4. The molecule has 0 aliphatic heterocycles. The summed E-state index contributed by atoms with van der Waals surface area (Å²) in [5, 5.41) is 10.6. The van der Waals surface area contributed by atoms with E-state index in [0.717, 1.165) is 22.8 Å². The zero-order chi connectivity index (χ0) is 14.9. The lowest BCUT2D eigenvalue weighted by Crippen LogP contribution is -2.31. The van der Waals surface area contributed by atoms with Crippen LogP contribution in [0.3, 0.4) is 0 Å². The number of nitrogens with zero attached hydrogens (tertiary/aromatic N) is 2. The predicted molar refractivity (Wildman–Crippen MR) is 63.4 cm³/mol. The van der Waals surface area contributed by atoms with Gasteiger partial charge in [0, 0.05) is 5.56 Å². The van der Waals surface area contributed by atoms with Crippen LogP contribution in [0, 0.1) is 21.7 Å². The van der Waals surface area contributed by atoms with E-state index in [2.05, 4.69) is 0 Å². The van der Waals surface area contributed by atoms with Gasteiger partial charge in [0.1, 0.15) is 11.6 Å². The number of aromatic amines is 1. The van der Waals surface area contributed by atoms with Crippen molar-refractivity contribution >= 4 is 5.69 Å². The first-order chi connectivity index (χ1) is 9.38. The van der Waals surface area contributed by atoms with Gasteiger partial charge in [-0.1, -0.05) is 0 Å². The monoisotopic (exact) mass is 283 g/mol. The Hall–Kier alpha value is -2.84. The molecule has 0 bridgehead atoms. The molecule has 0 spiro atoms. The molecule has 0 atom stereocenters. The van der Waals surface area contributed by atoms with Crippen molar-refractivity contribution in [3.05, 3.63) is 72.5 Å². The van der Waals surface area contributed by atoms with Gasteiger partial charge in [0.15, 0.2) is 0 Å². The standard InChI is InChI=1S/C11H7F2N3O4/c12-7-1-2-8(13)6(3-7)4-15-5-9(16(19)20)10(17)14-11(15)18/h1-3,5H,4H2,(H,14,17,18). The summed E-state index contributed by atoms with van der Waals surface area (Å²) in [6, 6.07) is 2.63. The van der Waals surface area contributed by atoms with E-state index in [9.17, 15) is 28.5 Å². The molecule has 1 aromatic carbocycles. The van der Waals surface area contributed by atoms with Crippen molar-refractivity contribution < 1.29 is 13.7 Å². The lowest BCUT2D eigenvalue weighted by molar-refractivity contribution is -0.386. The normalized spacial score (nSPS) is 10.5. The van der Waals surface area contributed by atoms with Gasteiger partial charge >= 0.3 is 16.9 Å². The average Bonchev–Trinajstić information content (AvgIpc) is 2.36. The smallest absolute Gasteiger partial charge is 0.289 e. The summed E-state index contributed by atoms with van der Waals surface area (Å²) >= 11 is 0. The number of H-pyrrole nitrogens is 1. The SMILES string of the molecule is O=c1[nH]c(=O)n(Cc2cc(F)ccc2F)cc1[N+](=O)[O-]. The van der Waals surface area contributed by atoms with E-state index in [-0.39, 0.29) is 5.56 Å². The summed E-state index contributed by atoms with van der Waals surface area (Å²) in [7, 11) is 0. The molecule has 0 amide bonds. The van der Waals surface area contributed by atoms with Gasteiger partial charge in [-0.2, -0.15) is 0 Å². The number of nitro groups is 1. The molecule has 2 rings (SSSR count). The van der Waals surface area contributed by atoms with Crippen LogP contribution in [-0.2, 0) is 6.54 Å². The van der Waals surface area contributed by atoms with Gasteiger partial charge in [-0.25, -0.2) is 13.6 Å². The molecule has 2 aromatic rings. The van der Waals surface area contributed by atoms with E-state index in [1.54, 1.807) is 4.98 Å². The molecule has 7 nitrogen and oxygen atoms in total. The molecule has 1 heterocycles. The maximum atomic E-state index is 13.4. The second kappa shape index (κ2) is 5.03. The highest BCUT2D eigenvalue weighted by atomic mass is 19.1. The van der Waals surface area contributed by atoms with Gasteiger partial charge in [-0.3, -0.25) is 24.5 Å². The van der Waals surface area contributed by atoms with Crippen molar-refractivity contribution in [3.63, 3.8) is 0 Å². The van der Waals surface area contributed by atoms with Gasteiger partial charge in [-0.15, -0.1) is 0 Å². The molecule has 0 radical (unpaired) electrons. The first-order valence-corrected chi connectivity index (χ1v) is 5.30. The molecular formula is C11H7F2N3O4. The van der Waals surface area contributed by atoms with Crippen molar-refractivity contribution in [2.45, 2.75) is 6.54 Å². The molecule has 20 heavy (non-hydrogen) atoms. The molecular weight excluding hydrogens is 276 g/mol. The molecule has 104 valence electrons. The summed E-state index contributed by atoms with van der Waals surface area (Å²) in [4.78, 5) is 34.0. The topological polar surface area (TPSA) is 98.0 Å². The van der Waals surface area contributed by atoms with Crippen molar-refractivity contribution in [1.29, 1.82) is 0 Å². The minimum absolute atomic E-state index is 0.173. The number of rotatable bonds is 3. The summed E-state index contributed by atoms with van der Waals surface area (Å²) in [5.41, 5.74) is -3.14. The highest BCUT2D eigenvalue weighted by Crippen LogP contribution is 2.11. The van der Waals surface area contributed by atoms with Gasteiger partial charge < -0.3 is 0 Å². The third-order valence-electron chi connectivity index (χ3n) is 2.54. The fourth-order valence-electron chi connectivity index (χ4n) is 1.59. The third kappa shape index (κ3) is 2.60. The van der Waals surface area contributed by atoms with Gasteiger partial charge in [0.25, 0.3) is 0 Å². The van der Waals surface area contributed by atoms with Crippen molar-refractivity contribution in [2.75, 3.05) is 0 Å². The third-order valence-corrected chi connectivity index (χ3v) is 2.54. The Labute approximate surface area is 109 Å². The fraction of sp³-hybridized carbons (Fsp3) is 0.0909. The van der Waals surface area contributed by atoms with Crippen molar-refractivity contribution in [2.24, 2.45) is 0 Å². The Balaban J connectivity index is 2.51. The van der Waals surface area contributed by atoms with Crippen LogP contribution in [0.2, 0.25) is 0 Å². The maximum Gasteiger partial charge on any atom is 0.350 e. The quantitative estimate of drug-likeness (QED) is 0.664. The zero-order valence-electron chi connectivity index (χ0n) is 9.80. The molecule has 1 aromatic heterocycles. The van der Waals surface area contributed by atoms with Crippen LogP contribution >= 0.6 is 0 Å². The van der Waals surface area contributed by atoms with E-state index >= 15 is 0 Å². The number of hydrogen-bond donors (Lipinski definition) is 1. The van der Waals surface area contributed by atoms with Crippen molar-refractivity contribution in [1.82, 2.24) is 9.55 Å². The Morgan fingerprint density at radius 2 is 2.00 bits per heavy atom. The van der Waals surface area contributed by atoms with E-state index in [1.807, 2.05) is 0 Å². The van der Waals surface area contributed by atoms with Crippen LogP contribution in [0.4, 0.5) is 14.5 Å². The lowest BCUT2D eigenvalue weighted by Gasteiger charge is -2.06. The molecule has 1 N–H and O–H groups in total. The highest BCUT2D eigenvalue weighted by molar-refractivity contribution is 5.23. The molecule has 9 heteroatoms. The Bertz CT molecular complexity index is 797. The minimum atomic E-state index is -1.16. The molecule has 0 aliphatic rings. The lowest BCUT2D eigenvalue weighted by atomic mass is 10.2. The highest BCUT2D eigenvalue weighted by Gasteiger charge is 2.15. The van der Waals surface area contributed by atoms with Crippen LogP contribution in [0.5, 0.6) is 0 Å². The molecule has 0 saturated heterocycles. The van der Waals surface area contributed by atoms with Gasteiger partial charge in [-0.05, 0) is 18.2 Å². The van der Waals surface area contributed by atoms with Crippen molar-refractivity contribution in [3.8, 4) is 0 Å². The van der Waals surface area contributed by atoms with Crippen LogP contribution < -0.4 is 11.2 Å². The number of nitrogens with one attached hydrogen (secondary N) is 1. The first-order valence-electron chi connectivity index (χ1n) is 5.30.